The first-order chi connectivity index (χ1) is 9.43. The van der Waals surface area contributed by atoms with Crippen LogP contribution in [0.25, 0.3) is 0 Å². The molecule has 5 heteroatoms. The second-order valence-corrected chi connectivity index (χ2v) is 5.07. The van der Waals surface area contributed by atoms with E-state index in [-0.39, 0.29) is 27.0 Å². The van der Waals surface area contributed by atoms with Crippen LogP contribution >= 0.6 is 23.2 Å². The second kappa shape index (κ2) is 5.81. The fourth-order valence-electron chi connectivity index (χ4n) is 1.84. The number of rotatable bonds is 3. The maximum atomic E-state index is 13.3. The molecule has 0 N–H and O–H groups in total. The lowest BCUT2D eigenvalue weighted by Crippen LogP contribution is -2.05. The number of halogens is 3. The first kappa shape index (κ1) is 14.8. The summed E-state index contributed by atoms with van der Waals surface area (Å²) in [6.07, 6.45) is 0. The smallest absolute Gasteiger partial charge is 0.194 e. The molecule has 0 fully saturated rings. The van der Waals surface area contributed by atoms with Gasteiger partial charge in [-0.1, -0.05) is 29.3 Å². The summed E-state index contributed by atoms with van der Waals surface area (Å²) in [5.74, 6) is -0.476. The molecule has 0 atom stereocenters. The minimum atomic E-state index is -0.477. The van der Waals surface area contributed by atoms with Crippen molar-refractivity contribution in [3.05, 3.63) is 62.9 Å². The zero-order valence-electron chi connectivity index (χ0n) is 10.8. The predicted octanol–water partition coefficient (Wildman–Crippen LogP) is 4.68. The van der Waals surface area contributed by atoms with E-state index in [1.54, 1.807) is 13.0 Å². The Morgan fingerprint density at radius 3 is 2.45 bits per heavy atom. The minimum absolute atomic E-state index is 0.208. The molecule has 104 valence electrons. The predicted molar refractivity (Wildman–Crippen MR) is 77.6 cm³/mol. The third-order valence-corrected chi connectivity index (χ3v) is 3.54. The monoisotopic (exact) mass is 312 g/mol. The summed E-state index contributed by atoms with van der Waals surface area (Å²) in [5, 5.41) is 0.481. The van der Waals surface area contributed by atoms with Gasteiger partial charge in [-0.3, -0.25) is 4.79 Å². The summed E-state index contributed by atoms with van der Waals surface area (Å²) >= 11 is 12.1. The summed E-state index contributed by atoms with van der Waals surface area (Å²) in [6.45, 7) is 1.73. The average molecular weight is 313 g/mol. The van der Waals surface area contributed by atoms with Gasteiger partial charge in [-0.25, -0.2) is 4.39 Å². The third-order valence-electron chi connectivity index (χ3n) is 2.93. The highest BCUT2D eigenvalue weighted by molar-refractivity contribution is 6.37. The number of carbonyl (C=O) groups is 1. The molecule has 0 aromatic heterocycles. The van der Waals surface area contributed by atoms with Crippen LogP contribution in [0.5, 0.6) is 5.75 Å². The van der Waals surface area contributed by atoms with Gasteiger partial charge < -0.3 is 4.74 Å². The van der Waals surface area contributed by atoms with Crippen LogP contribution in [0.4, 0.5) is 4.39 Å². The molecule has 20 heavy (non-hydrogen) atoms. The van der Waals surface area contributed by atoms with Crippen molar-refractivity contribution in [2.45, 2.75) is 6.92 Å². The highest BCUT2D eigenvalue weighted by Gasteiger charge is 2.18. The molecule has 2 rings (SSSR count). The van der Waals surface area contributed by atoms with Gasteiger partial charge in [0.1, 0.15) is 11.6 Å². The van der Waals surface area contributed by atoms with Gasteiger partial charge in [0.05, 0.1) is 17.2 Å². The summed E-state index contributed by atoms with van der Waals surface area (Å²) in [7, 11) is 1.45. The van der Waals surface area contributed by atoms with Crippen LogP contribution in [0.3, 0.4) is 0 Å². The van der Waals surface area contributed by atoms with E-state index in [0.29, 0.717) is 11.3 Å². The molecule has 0 saturated carbocycles. The first-order valence-corrected chi connectivity index (χ1v) is 6.53. The molecule has 0 radical (unpaired) electrons. The Morgan fingerprint density at radius 1 is 1.10 bits per heavy atom. The van der Waals surface area contributed by atoms with Gasteiger partial charge in [0.2, 0.25) is 0 Å². The Balaban J connectivity index is 2.54. The van der Waals surface area contributed by atoms with Crippen molar-refractivity contribution < 1.29 is 13.9 Å². The zero-order chi connectivity index (χ0) is 14.9. The summed E-state index contributed by atoms with van der Waals surface area (Å²) < 4.78 is 18.3. The van der Waals surface area contributed by atoms with Crippen LogP contribution in [0.15, 0.2) is 30.3 Å². The molecule has 0 aliphatic rings. The highest BCUT2D eigenvalue weighted by Crippen LogP contribution is 2.32. The molecule has 0 unspecified atom stereocenters. The van der Waals surface area contributed by atoms with Crippen LogP contribution in [-0.4, -0.2) is 12.9 Å². The SMILES string of the molecule is COc1cc(Cl)c(C(=O)c2cc(F)ccc2C)cc1Cl. The van der Waals surface area contributed by atoms with Gasteiger partial charge in [-0.05, 0) is 30.7 Å². The summed E-state index contributed by atoms with van der Waals surface area (Å²) in [5.41, 5.74) is 1.14. The lowest BCUT2D eigenvalue weighted by atomic mass is 9.99. The minimum Gasteiger partial charge on any atom is -0.495 e. The van der Waals surface area contributed by atoms with Crippen LogP contribution in [0, 0.1) is 12.7 Å². The molecule has 0 amide bonds. The lowest BCUT2D eigenvalue weighted by Gasteiger charge is -2.10. The zero-order valence-corrected chi connectivity index (χ0v) is 12.3. The molecule has 0 heterocycles. The van der Waals surface area contributed by atoms with Crippen LogP contribution < -0.4 is 4.74 Å². The number of carbonyl (C=O) groups excluding carboxylic acids is 1. The Bertz CT molecular complexity index is 684. The van der Waals surface area contributed by atoms with E-state index in [1.165, 1.54) is 31.4 Å². The van der Waals surface area contributed by atoms with E-state index in [1.807, 2.05) is 0 Å². The van der Waals surface area contributed by atoms with Gasteiger partial charge in [-0.15, -0.1) is 0 Å². The average Bonchev–Trinajstić information content (AvgIpc) is 2.42. The Labute approximate surface area is 126 Å². The molecule has 2 nitrogen and oxygen atoms in total. The third kappa shape index (κ3) is 2.79. The van der Waals surface area contributed by atoms with Crippen molar-refractivity contribution in [3.8, 4) is 5.75 Å². The van der Waals surface area contributed by atoms with Crippen molar-refractivity contribution in [2.24, 2.45) is 0 Å². The second-order valence-electron chi connectivity index (χ2n) is 4.25. The Morgan fingerprint density at radius 2 is 1.80 bits per heavy atom. The van der Waals surface area contributed by atoms with Crippen molar-refractivity contribution >= 4 is 29.0 Å². The molecule has 0 spiro atoms. The van der Waals surface area contributed by atoms with Gasteiger partial charge in [-0.2, -0.15) is 0 Å². The molecule has 0 aliphatic heterocycles. The van der Waals surface area contributed by atoms with E-state index in [2.05, 4.69) is 0 Å². The molecular formula is C15H11Cl2FO2. The fourth-order valence-corrected chi connectivity index (χ4v) is 2.32. The summed E-state index contributed by atoms with van der Waals surface area (Å²) in [4.78, 5) is 12.4. The topological polar surface area (TPSA) is 26.3 Å². The highest BCUT2D eigenvalue weighted by atomic mass is 35.5. The van der Waals surface area contributed by atoms with Crippen molar-refractivity contribution in [2.75, 3.05) is 7.11 Å². The number of hydrogen-bond acceptors (Lipinski definition) is 2. The molecular weight excluding hydrogens is 302 g/mol. The Hall–Kier alpha value is -1.58. The van der Waals surface area contributed by atoms with Gasteiger partial charge in [0.25, 0.3) is 0 Å². The van der Waals surface area contributed by atoms with Crippen molar-refractivity contribution in [1.82, 2.24) is 0 Å². The largest absolute Gasteiger partial charge is 0.495 e. The molecule has 0 saturated heterocycles. The van der Waals surface area contributed by atoms with E-state index in [0.717, 1.165) is 0 Å². The number of ketones is 1. The standard InChI is InChI=1S/C15H11Cl2FO2/c1-8-3-4-9(18)5-10(8)15(19)11-6-13(17)14(20-2)7-12(11)16/h3-7H,1-2H3. The number of hydrogen-bond donors (Lipinski definition) is 0. The van der Waals surface area contributed by atoms with Crippen LogP contribution in [0.1, 0.15) is 21.5 Å². The van der Waals surface area contributed by atoms with Crippen LogP contribution in [0.2, 0.25) is 10.0 Å². The quantitative estimate of drug-likeness (QED) is 0.769. The van der Waals surface area contributed by atoms with Gasteiger partial charge >= 0.3 is 0 Å². The maximum absolute atomic E-state index is 13.3. The van der Waals surface area contributed by atoms with E-state index >= 15 is 0 Å². The molecule has 0 bridgehead atoms. The first-order valence-electron chi connectivity index (χ1n) is 5.78. The van der Waals surface area contributed by atoms with E-state index < -0.39 is 5.82 Å². The number of aryl methyl sites for hydroxylation is 1. The molecule has 2 aromatic rings. The van der Waals surface area contributed by atoms with E-state index in [4.69, 9.17) is 27.9 Å². The number of benzene rings is 2. The van der Waals surface area contributed by atoms with Gasteiger partial charge in [0.15, 0.2) is 5.78 Å². The van der Waals surface area contributed by atoms with Crippen LogP contribution in [-0.2, 0) is 0 Å². The maximum Gasteiger partial charge on any atom is 0.194 e. The fraction of sp³-hybridized carbons (Fsp3) is 0.133. The van der Waals surface area contributed by atoms with E-state index in [9.17, 15) is 9.18 Å². The summed E-state index contributed by atoms with van der Waals surface area (Å²) in [6, 6.07) is 6.92. The van der Waals surface area contributed by atoms with Crippen molar-refractivity contribution in [1.29, 1.82) is 0 Å². The Kier molecular flexibility index (Phi) is 4.31. The normalized spacial score (nSPS) is 10.4. The number of methoxy groups -OCH3 is 1. The van der Waals surface area contributed by atoms with Gasteiger partial charge in [0, 0.05) is 17.2 Å². The molecule has 0 aliphatic carbocycles. The molecule has 2 aromatic carbocycles. The lowest BCUT2D eigenvalue weighted by molar-refractivity contribution is 0.103. The van der Waals surface area contributed by atoms with Crippen molar-refractivity contribution in [3.63, 3.8) is 0 Å². The number of ether oxygens (including phenoxy) is 1.